The Morgan fingerprint density at radius 2 is 1.73 bits per heavy atom. The zero-order valence-electron chi connectivity index (χ0n) is 20.4. The summed E-state index contributed by atoms with van der Waals surface area (Å²) >= 11 is 3.28. The van der Waals surface area contributed by atoms with Crippen molar-refractivity contribution in [1.82, 2.24) is 4.72 Å². The van der Waals surface area contributed by atoms with Crippen molar-refractivity contribution in [2.24, 2.45) is 0 Å². The van der Waals surface area contributed by atoms with Crippen LogP contribution in [-0.2, 0) is 30.9 Å². The smallest absolute Gasteiger partial charge is 0.340 e. The molecule has 1 N–H and O–H groups in total. The fraction of sp³-hybridized carbons (Fsp3) is 0.185. The number of anilines is 1. The lowest BCUT2D eigenvalue weighted by Crippen LogP contribution is -2.24. The van der Waals surface area contributed by atoms with E-state index in [4.69, 9.17) is 9.15 Å². The highest BCUT2D eigenvalue weighted by molar-refractivity contribution is 9.10. The minimum Gasteiger partial charge on any atom is -0.462 e. The number of hydrogen-bond acceptors (Lipinski definition) is 6. The van der Waals surface area contributed by atoms with Crippen molar-refractivity contribution in [3.05, 3.63) is 99.1 Å². The molecule has 0 aliphatic carbocycles. The standard InChI is InChI=1S/C27H25BrN2O6S/c1-4-35-27(32)25-18(3)30(20-9-5-17(2)6-10-20)26(31)24(25)15-21-11-12-22(36-21)16-29-37(33,34)23-13-7-19(28)8-14-23/h5-15,29H,4,16H2,1-3H3/b24-15+. The summed E-state index contributed by atoms with van der Waals surface area (Å²) in [5.74, 6) is -0.366. The molecule has 2 aromatic carbocycles. The van der Waals surface area contributed by atoms with Crippen LogP contribution in [0.3, 0.4) is 0 Å². The van der Waals surface area contributed by atoms with Crippen LogP contribution < -0.4 is 9.62 Å². The second-order valence-corrected chi connectivity index (χ2v) is 11.0. The molecule has 0 spiro atoms. The number of furan rings is 1. The third-order valence-electron chi connectivity index (χ3n) is 5.70. The number of ether oxygens (including phenoxy) is 1. The van der Waals surface area contributed by atoms with Gasteiger partial charge in [0.15, 0.2) is 0 Å². The van der Waals surface area contributed by atoms with E-state index in [9.17, 15) is 18.0 Å². The molecule has 1 amide bonds. The van der Waals surface area contributed by atoms with Crippen molar-refractivity contribution < 1.29 is 27.2 Å². The van der Waals surface area contributed by atoms with E-state index >= 15 is 0 Å². The largest absolute Gasteiger partial charge is 0.462 e. The van der Waals surface area contributed by atoms with Gasteiger partial charge in [0.2, 0.25) is 10.0 Å². The first kappa shape index (κ1) is 26.6. The van der Waals surface area contributed by atoms with E-state index < -0.39 is 21.9 Å². The lowest BCUT2D eigenvalue weighted by atomic mass is 10.1. The molecule has 1 aromatic heterocycles. The average molecular weight is 585 g/mol. The molecule has 8 nitrogen and oxygen atoms in total. The van der Waals surface area contributed by atoms with Gasteiger partial charge in [-0.15, -0.1) is 0 Å². The lowest BCUT2D eigenvalue weighted by Gasteiger charge is -2.18. The zero-order chi connectivity index (χ0) is 26.7. The van der Waals surface area contributed by atoms with Crippen molar-refractivity contribution in [1.29, 1.82) is 0 Å². The van der Waals surface area contributed by atoms with Gasteiger partial charge in [0.05, 0.1) is 29.2 Å². The molecule has 0 bridgehead atoms. The molecule has 192 valence electrons. The van der Waals surface area contributed by atoms with Crippen molar-refractivity contribution in [2.45, 2.75) is 32.2 Å². The van der Waals surface area contributed by atoms with Gasteiger partial charge in [-0.1, -0.05) is 33.6 Å². The minimum atomic E-state index is -3.75. The maximum absolute atomic E-state index is 13.4. The molecule has 0 saturated carbocycles. The van der Waals surface area contributed by atoms with Crippen LogP contribution in [0, 0.1) is 6.92 Å². The normalized spacial score (nSPS) is 15.1. The van der Waals surface area contributed by atoms with Crippen LogP contribution >= 0.6 is 15.9 Å². The first-order valence-corrected chi connectivity index (χ1v) is 13.7. The minimum absolute atomic E-state index is 0.0926. The maximum Gasteiger partial charge on any atom is 0.340 e. The number of carbonyl (C=O) groups is 2. The molecule has 1 aliphatic rings. The number of benzene rings is 2. The summed E-state index contributed by atoms with van der Waals surface area (Å²) in [6, 6.07) is 16.9. The SMILES string of the molecule is CCOC(=O)C1=C(C)N(c2ccc(C)cc2)C(=O)/C1=C/c1ccc(CNS(=O)(=O)c2ccc(Br)cc2)o1. The molecular formula is C27H25BrN2O6S. The summed E-state index contributed by atoms with van der Waals surface area (Å²) in [6.07, 6.45) is 1.47. The molecule has 4 rings (SSSR count). The van der Waals surface area contributed by atoms with Gasteiger partial charge in [-0.2, -0.15) is 0 Å². The third kappa shape index (κ3) is 5.76. The first-order chi connectivity index (χ1) is 17.6. The highest BCUT2D eigenvalue weighted by Gasteiger charge is 2.38. The number of nitrogens with zero attached hydrogens (tertiary/aromatic N) is 1. The van der Waals surface area contributed by atoms with Gasteiger partial charge in [0.25, 0.3) is 5.91 Å². The molecule has 0 atom stereocenters. The number of nitrogens with one attached hydrogen (secondary N) is 1. The van der Waals surface area contributed by atoms with Crippen molar-refractivity contribution >= 4 is 49.6 Å². The van der Waals surface area contributed by atoms with Crippen LogP contribution in [0.4, 0.5) is 5.69 Å². The summed E-state index contributed by atoms with van der Waals surface area (Å²) in [5, 5.41) is 0. The second-order valence-electron chi connectivity index (χ2n) is 8.30. The van der Waals surface area contributed by atoms with E-state index in [1.165, 1.54) is 23.1 Å². The Balaban J connectivity index is 1.60. The van der Waals surface area contributed by atoms with Crippen molar-refractivity contribution in [2.75, 3.05) is 11.5 Å². The number of amides is 1. The molecule has 0 fully saturated rings. The topological polar surface area (TPSA) is 106 Å². The van der Waals surface area contributed by atoms with Gasteiger partial charge in [-0.3, -0.25) is 9.69 Å². The molecule has 0 saturated heterocycles. The van der Waals surface area contributed by atoms with Crippen LogP contribution in [0.2, 0.25) is 0 Å². The van der Waals surface area contributed by atoms with Crippen LogP contribution in [0.25, 0.3) is 6.08 Å². The van der Waals surface area contributed by atoms with E-state index in [2.05, 4.69) is 20.7 Å². The van der Waals surface area contributed by atoms with Gasteiger partial charge >= 0.3 is 5.97 Å². The van der Waals surface area contributed by atoms with Gasteiger partial charge in [0, 0.05) is 15.9 Å². The number of allylic oxidation sites excluding steroid dienone is 1. The van der Waals surface area contributed by atoms with E-state index in [0.717, 1.165) is 10.0 Å². The quantitative estimate of drug-likeness (QED) is 0.292. The predicted octanol–water partition coefficient (Wildman–Crippen LogP) is 5.10. The second kappa shape index (κ2) is 10.9. The number of aryl methyl sites for hydroxylation is 1. The average Bonchev–Trinajstić information content (AvgIpc) is 3.41. The number of carbonyl (C=O) groups excluding carboxylic acids is 2. The van der Waals surface area contributed by atoms with E-state index in [1.807, 2.05) is 31.2 Å². The number of hydrogen-bond donors (Lipinski definition) is 1. The number of sulfonamides is 1. The first-order valence-electron chi connectivity index (χ1n) is 11.5. The zero-order valence-corrected chi connectivity index (χ0v) is 22.9. The molecule has 37 heavy (non-hydrogen) atoms. The lowest BCUT2D eigenvalue weighted by molar-refractivity contribution is -0.138. The number of halogens is 1. The third-order valence-corrected chi connectivity index (χ3v) is 7.65. The van der Waals surface area contributed by atoms with Crippen molar-refractivity contribution in [3.63, 3.8) is 0 Å². The molecule has 2 heterocycles. The Hall–Kier alpha value is -3.47. The Kier molecular flexibility index (Phi) is 7.82. The van der Waals surface area contributed by atoms with Crippen LogP contribution in [0.5, 0.6) is 0 Å². The molecule has 10 heteroatoms. The Bertz CT molecular complexity index is 1500. The highest BCUT2D eigenvalue weighted by atomic mass is 79.9. The van der Waals surface area contributed by atoms with Gasteiger partial charge < -0.3 is 9.15 Å². The summed E-state index contributed by atoms with van der Waals surface area (Å²) < 4.78 is 39.4. The Morgan fingerprint density at radius 1 is 1.05 bits per heavy atom. The van der Waals surface area contributed by atoms with Crippen molar-refractivity contribution in [3.8, 4) is 0 Å². The maximum atomic E-state index is 13.4. The van der Waals surface area contributed by atoms with E-state index in [1.54, 1.807) is 38.1 Å². The Morgan fingerprint density at radius 3 is 2.38 bits per heavy atom. The van der Waals surface area contributed by atoms with Gasteiger partial charge in [-0.25, -0.2) is 17.9 Å². The molecular weight excluding hydrogens is 560 g/mol. The van der Waals surface area contributed by atoms with E-state index in [0.29, 0.717) is 22.9 Å². The number of esters is 1. The summed E-state index contributed by atoms with van der Waals surface area (Å²) in [7, 11) is -3.75. The summed E-state index contributed by atoms with van der Waals surface area (Å²) in [5.41, 5.74) is 2.40. The number of rotatable bonds is 8. The molecule has 1 aliphatic heterocycles. The molecule has 0 unspecified atom stereocenters. The predicted molar refractivity (Wildman–Crippen MR) is 143 cm³/mol. The Labute approximate surface area is 223 Å². The van der Waals surface area contributed by atoms with Gasteiger partial charge in [-0.05, 0) is 75.4 Å². The van der Waals surface area contributed by atoms with Crippen LogP contribution in [0.15, 0.2) is 91.3 Å². The fourth-order valence-corrected chi connectivity index (χ4v) is 5.12. The summed E-state index contributed by atoms with van der Waals surface area (Å²) in [6.45, 7) is 5.39. The summed E-state index contributed by atoms with van der Waals surface area (Å²) in [4.78, 5) is 27.8. The van der Waals surface area contributed by atoms with E-state index in [-0.39, 0.29) is 29.2 Å². The van der Waals surface area contributed by atoms with Crippen LogP contribution in [0.1, 0.15) is 30.9 Å². The molecule has 3 aromatic rings. The van der Waals surface area contributed by atoms with Crippen LogP contribution in [-0.4, -0.2) is 26.9 Å². The monoisotopic (exact) mass is 584 g/mol. The molecule has 0 radical (unpaired) electrons. The van der Waals surface area contributed by atoms with Gasteiger partial charge in [0.1, 0.15) is 11.5 Å². The highest BCUT2D eigenvalue weighted by Crippen LogP contribution is 2.35. The fourth-order valence-electron chi connectivity index (χ4n) is 3.86.